The van der Waals surface area contributed by atoms with Crippen LogP contribution in [0.15, 0.2) is 24.3 Å². The number of fused-ring (bicyclic) bond motifs is 6. The predicted octanol–water partition coefficient (Wildman–Crippen LogP) is 3.47. The minimum Gasteiger partial charge on any atom is -0.394 e. The van der Waals surface area contributed by atoms with E-state index in [0.29, 0.717) is 25.7 Å². The summed E-state index contributed by atoms with van der Waals surface area (Å²) in [7, 11) is 1.63. The molecule has 0 aromatic rings. The number of ether oxygens (including phenoxy) is 9. The zero-order chi connectivity index (χ0) is 35.9. The first-order valence-electron chi connectivity index (χ1n) is 20.1. The largest absolute Gasteiger partial charge is 0.394 e. The van der Waals surface area contributed by atoms with Crippen LogP contribution >= 0.6 is 0 Å². The summed E-state index contributed by atoms with van der Waals surface area (Å²) < 4.78 is 59.8. The molecule has 10 heterocycles. The topological polar surface area (TPSA) is 141 Å². The van der Waals surface area contributed by atoms with Crippen LogP contribution in [-0.4, -0.2) is 133 Å². The lowest BCUT2D eigenvalue weighted by Crippen LogP contribution is -2.61. The van der Waals surface area contributed by atoms with Gasteiger partial charge in [0.25, 0.3) is 0 Å². The van der Waals surface area contributed by atoms with E-state index in [9.17, 15) is 15.0 Å². The van der Waals surface area contributed by atoms with Crippen LogP contribution in [0.1, 0.15) is 90.4 Å². The number of rotatable bonds is 4. The lowest BCUT2D eigenvalue weighted by molar-refractivity contribution is -0.292. The molecular weight excluding hydrogens is 672 g/mol. The molecule has 0 aromatic heterocycles. The van der Waals surface area contributed by atoms with Crippen LogP contribution < -0.4 is 0 Å². The highest BCUT2D eigenvalue weighted by Gasteiger charge is 2.68. The van der Waals surface area contributed by atoms with E-state index in [1.807, 2.05) is 0 Å². The van der Waals surface area contributed by atoms with Gasteiger partial charge < -0.3 is 52.8 Å². The molecular formula is C40H58O12. The lowest BCUT2D eigenvalue weighted by atomic mass is 9.81. The van der Waals surface area contributed by atoms with Crippen LogP contribution in [0.3, 0.4) is 0 Å². The van der Waals surface area contributed by atoms with Crippen molar-refractivity contribution >= 4 is 5.78 Å². The SMILES string of the molecule is C=C1C[C@@H]2CC[C@@]34C[C@@H]5O[C@H]6[C@@H](O3)[C@H]3O[C@H](CC[C@@H]3O[C@H]6[C@@H]5O4)CC(=O)C[C@@H]3[C@@H](OC)[C@@H](C[C@H](O)CO)O[C@H]3C[C@H]3O[C@@H](CC[C@@H]1O2)C[C@@H](C)C3=C. The molecule has 0 aliphatic carbocycles. The molecule has 0 unspecified atom stereocenters. The Hall–Kier alpha value is -1.29. The number of methoxy groups -OCH3 is 1. The highest BCUT2D eigenvalue weighted by molar-refractivity contribution is 5.79. The fraction of sp³-hybridized carbons (Fsp3) is 0.875. The van der Waals surface area contributed by atoms with Gasteiger partial charge in [0.1, 0.15) is 36.3 Å². The third kappa shape index (κ3) is 6.59. The number of hydrogen-bond donors (Lipinski definition) is 2. The minimum absolute atomic E-state index is 0.0260. The molecule has 12 heteroatoms. The van der Waals surface area contributed by atoms with Crippen LogP contribution in [0.2, 0.25) is 0 Å². The summed E-state index contributed by atoms with van der Waals surface area (Å²) in [4.78, 5) is 14.0. The second kappa shape index (κ2) is 14.3. The second-order valence-electron chi connectivity index (χ2n) is 17.4. The number of Topliss-reactive ketones (excluding diaryl/α,β-unsaturated/α-hetero) is 1. The highest BCUT2D eigenvalue weighted by Crippen LogP contribution is 2.54. The van der Waals surface area contributed by atoms with Gasteiger partial charge in [0, 0.05) is 51.6 Å². The van der Waals surface area contributed by atoms with Gasteiger partial charge in [-0.15, -0.1) is 0 Å². The van der Waals surface area contributed by atoms with Crippen LogP contribution in [0.4, 0.5) is 0 Å². The van der Waals surface area contributed by atoms with Gasteiger partial charge in [-0.2, -0.15) is 0 Å². The Morgan fingerprint density at radius 1 is 0.788 bits per heavy atom. The first kappa shape index (κ1) is 36.4. The molecule has 290 valence electrons. The maximum Gasteiger partial charge on any atom is 0.172 e. The molecule has 19 atom stereocenters. The van der Waals surface area contributed by atoms with Crippen LogP contribution in [-0.2, 0) is 47.4 Å². The predicted molar refractivity (Wildman–Crippen MR) is 184 cm³/mol. The van der Waals surface area contributed by atoms with Crippen molar-refractivity contribution in [2.24, 2.45) is 11.8 Å². The zero-order valence-electron chi connectivity index (χ0n) is 30.7. The average molecular weight is 731 g/mol. The van der Waals surface area contributed by atoms with Crippen LogP contribution in [0.25, 0.3) is 0 Å². The monoisotopic (exact) mass is 730 g/mol. The summed E-state index contributed by atoms with van der Waals surface area (Å²) in [6.45, 7) is 10.7. The van der Waals surface area contributed by atoms with Crippen molar-refractivity contribution in [2.45, 2.75) is 194 Å². The van der Waals surface area contributed by atoms with E-state index in [1.165, 1.54) is 0 Å². The maximum atomic E-state index is 14.0. The third-order valence-electron chi connectivity index (χ3n) is 13.9. The summed E-state index contributed by atoms with van der Waals surface area (Å²) in [5.74, 6) is -0.709. The number of aliphatic hydroxyl groups is 2. The number of carbonyl (C=O) groups is 1. The van der Waals surface area contributed by atoms with Gasteiger partial charge >= 0.3 is 0 Å². The van der Waals surface area contributed by atoms with Crippen molar-refractivity contribution in [1.82, 2.24) is 0 Å². The van der Waals surface area contributed by atoms with E-state index in [4.69, 9.17) is 42.6 Å². The van der Waals surface area contributed by atoms with Gasteiger partial charge in [-0.3, -0.25) is 4.79 Å². The van der Waals surface area contributed by atoms with E-state index < -0.39 is 24.1 Å². The van der Waals surface area contributed by atoms with Crippen molar-refractivity contribution in [3.63, 3.8) is 0 Å². The Kier molecular flexibility index (Phi) is 10.0. The first-order chi connectivity index (χ1) is 25.1. The zero-order valence-corrected chi connectivity index (χ0v) is 30.7. The van der Waals surface area contributed by atoms with E-state index in [2.05, 4.69) is 20.1 Å². The Morgan fingerprint density at radius 3 is 2.37 bits per heavy atom. The number of carbonyl (C=O) groups excluding carboxylic acids is 1. The van der Waals surface area contributed by atoms with Gasteiger partial charge in [-0.05, 0) is 62.0 Å². The Labute approximate surface area is 306 Å². The van der Waals surface area contributed by atoms with Crippen molar-refractivity contribution < 1.29 is 57.6 Å². The molecule has 0 aromatic carbocycles. The Bertz CT molecular complexity index is 1370. The van der Waals surface area contributed by atoms with E-state index in [0.717, 1.165) is 49.7 Å². The molecule has 0 saturated carbocycles. The first-order valence-corrected chi connectivity index (χ1v) is 20.1. The van der Waals surface area contributed by atoms with Gasteiger partial charge in [-0.1, -0.05) is 20.1 Å². The summed E-state index contributed by atoms with van der Waals surface area (Å²) >= 11 is 0. The van der Waals surface area contributed by atoms with Gasteiger partial charge in [0.15, 0.2) is 5.79 Å². The summed E-state index contributed by atoms with van der Waals surface area (Å²) in [6.07, 6.45) is 4.01. The maximum absolute atomic E-state index is 14.0. The molecule has 1 spiro atoms. The van der Waals surface area contributed by atoms with Gasteiger partial charge in [0.2, 0.25) is 0 Å². The van der Waals surface area contributed by atoms with Gasteiger partial charge in [0.05, 0.1) is 73.8 Å². The number of hydrogen-bond acceptors (Lipinski definition) is 12. The molecule has 0 radical (unpaired) electrons. The quantitative estimate of drug-likeness (QED) is 0.410. The van der Waals surface area contributed by atoms with Crippen molar-refractivity contribution in [3.8, 4) is 0 Å². The molecule has 10 aliphatic heterocycles. The summed E-state index contributed by atoms with van der Waals surface area (Å²) in [5.41, 5.74) is 2.17. The summed E-state index contributed by atoms with van der Waals surface area (Å²) in [6, 6.07) is 0. The van der Waals surface area contributed by atoms with Crippen LogP contribution in [0, 0.1) is 11.8 Å². The van der Waals surface area contributed by atoms with Crippen LogP contribution in [0.5, 0.6) is 0 Å². The smallest absolute Gasteiger partial charge is 0.172 e. The molecule has 12 bridgehead atoms. The molecule has 10 rings (SSSR count). The molecule has 10 aliphatic rings. The minimum atomic E-state index is -0.951. The molecule has 2 N–H and O–H groups in total. The lowest BCUT2D eigenvalue weighted by Gasteiger charge is -2.47. The fourth-order valence-electron chi connectivity index (χ4n) is 11.3. The molecule has 10 fully saturated rings. The van der Waals surface area contributed by atoms with Crippen molar-refractivity contribution in [1.29, 1.82) is 0 Å². The number of aliphatic hydroxyl groups excluding tert-OH is 2. The number of ketones is 1. The summed E-state index contributed by atoms with van der Waals surface area (Å²) in [5, 5.41) is 20.1. The molecule has 10 saturated heterocycles. The Balaban J connectivity index is 0.994. The normalized spacial score (nSPS) is 52.4. The van der Waals surface area contributed by atoms with E-state index in [1.54, 1.807) is 7.11 Å². The highest BCUT2D eigenvalue weighted by atomic mass is 16.8. The van der Waals surface area contributed by atoms with E-state index in [-0.39, 0.29) is 123 Å². The average Bonchev–Trinajstić information content (AvgIpc) is 3.79. The molecule has 52 heavy (non-hydrogen) atoms. The third-order valence-corrected chi connectivity index (χ3v) is 13.9. The Morgan fingerprint density at radius 2 is 1.54 bits per heavy atom. The molecule has 12 nitrogen and oxygen atoms in total. The van der Waals surface area contributed by atoms with Crippen molar-refractivity contribution in [2.75, 3.05) is 13.7 Å². The van der Waals surface area contributed by atoms with E-state index >= 15 is 0 Å². The second-order valence-corrected chi connectivity index (χ2v) is 17.4. The van der Waals surface area contributed by atoms with Gasteiger partial charge in [-0.25, -0.2) is 0 Å². The van der Waals surface area contributed by atoms with Crippen molar-refractivity contribution in [3.05, 3.63) is 24.3 Å². The molecule has 0 amide bonds. The standard InChI is InChI=1S/C40H58O12/c1-19-11-24-5-7-28-20(2)12-26(45-28)9-10-40-17-33-36(51-40)37-38(50-33)39(52-40)35-29(49-37)8-6-25(47-35)13-22(42)14-27-31(16-30(46-24)21(19)3)48-32(34(27)44-4)15-23(43)18-41/h19,23-39,41,43H,2-3,5-18H2,1,4H3/t19-,23+,24+,25-,26+,27+,28+,29+,30-,31+,32-,33+,34-,35+,36-,37+,38-,39+,40+/m1/s1. The fourth-order valence-corrected chi connectivity index (χ4v) is 11.3.